The summed E-state index contributed by atoms with van der Waals surface area (Å²) in [6.45, 7) is 1.72. The first kappa shape index (κ1) is 18.3. The lowest BCUT2D eigenvalue weighted by molar-refractivity contribution is -0.121. The maximum Gasteiger partial charge on any atom is 0.224 e. The highest BCUT2D eigenvalue weighted by molar-refractivity contribution is 5.78. The molecule has 0 saturated heterocycles. The third-order valence-corrected chi connectivity index (χ3v) is 4.81. The second-order valence-electron chi connectivity index (χ2n) is 6.98. The van der Waals surface area contributed by atoms with Gasteiger partial charge in [-0.1, -0.05) is 42.5 Å². The van der Waals surface area contributed by atoms with Crippen LogP contribution < -0.4 is 5.32 Å². The van der Waals surface area contributed by atoms with Crippen molar-refractivity contribution in [3.8, 4) is 5.75 Å². The van der Waals surface area contributed by atoms with Crippen LogP contribution in [0, 0.1) is 0 Å². The number of hydrogen-bond acceptors (Lipinski definition) is 4. The van der Waals surface area contributed by atoms with Crippen LogP contribution in [-0.2, 0) is 28.9 Å². The molecule has 1 aliphatic rings. The highest BCUT2D eigenvalue weighted by Crippen LogP contribution is 2.25. The molecular weight excluding hydrogens is 354 g/mol. The number of carbonyl (C=O) groups is 1. The summed E-state index contributed by atoms with van der Waals surface area (Å²) in [6.07, 6.45) is 2.88. The van der Waals surface area contributed by atoms with E-state index < -0.39 is 0 Å². The quantitative estimate of drug-likeness (QED) is 0.692. The zero-order valence-electron chi connectivity index (χ0n) is 15.5. The number of benzene rings is 2. The van der Waals surface area contributed by atoms with Crippen LogP contribution in [0.1, 0.15) is 28.5 Å². The monoisotopic (exact) mass is 377 g/mol. The molecule has 2 aromatic carbocycles. The van der Waals surface area contributed by atoms with Crippen LogP contribution in [-0.4, -0.2) is 33.9 Å². The van der Waals surface area contributed by atoms with Crippen LogP contribution in [0.5, 0.6) is 5.75 Å². The number of aromatic nitrogens is 2. The minimum Gasteiger partial charge on any atom is -0.508 e. The molecule has 0 aliphatic carbocycles. The second-order valence-corrected chi connectivity index (χ2v) is 6.98. The molecule has 3 aromatic rings. The van der Waals surface area contributed by atoms with Gasteiger partial charge in [-0.15, -0.1) is 0 Å². The molecule has 1 aromatic heterocycles. The second kappa shape index (κ2) is 8.27. The number of nitrogens with one attached hydrogen (secondary N) is 1. The maximum atomic E-state index is 12.3. The van der Waals surface area contributed by atoms with E-state index in [1.54, 1.807) is 18.2 Å². The zero-order valence-corrected chi connectivity index (χ0v) is 15.5. The summed E-state index contributed by atoms with van der Waals surface area (Å²) >= 11 is 0. The van der Waals surface area contributed by atoms with Crippen molar-refractivity contribution in [3.05, 3.63) is 83.2 Å². The van der Waals surface area contributed by atoms with Crippen molar-refractivity contribution in [1.29, 1.82) is 0 Å². The van der Waals surface area contributed by atoms with Gasteiger partial charge in [0.1, 0.15) is 11.9 Å². The number of phenols is 1. The van der Waals surface area contributed by atoms with E-state index in [2.05, 4.69) is 23.6 Å². The van der Waals surface area contributed by atoms with E-state index >= 15 is 0 Å². The molecule has 0 radical (unpaired) electrons. The van der Waals surface area contributed by atoms with Crippen LogP contribution in [0.2, 0.25) is 0 Å². The SMILES string of the molecule is O=C(Cc1cccc(O)c1)NCC1OCCc2cn(Cc3ccccc3)nc21. The molecule has 1 unspecified atom stereocenters. The molecule has 6 nitrogen and oxygen atoms in total. The third kappa shape index (κ3) is 4.40. The zero-order chi connectivity index (χ0) is 19.3. The van der Waals surface area contributed by atoms with Crippen molar-refractivity contribution in [3.63, 3.8) is 0 Å². The van der Waals surface area contributed by atoms with Crippen LogP contribution in [0.4, 0.5) is 0 Å². The van der Waals surface area contributed by atoms with Crippen molar-refractivity contribution < 1.29 is 14.6 Å². The first-order valence-electron chi connectivity index (χ1n) is 9.44. The topological polar surface area (TPSA) is 76.4 Å². The fourth-order valence-electron chi connectivity index (χ4n) is 3.46. The normalized spacial score (nSPS) is 15.8. The van der Waals surface area contributed by atoms with Crippen LogP contribution in [0.3, 0.4) is 0 Å². The number of rotatable bonds is 6. The standard InChI is InChI=1S/C22H23N3O3/c26-19-8-4-7-17(11-19)12-21(27)23-13-20-22-18(9-10-28-20)15-25(24-22)14-16-5-2-1-3-6-16/h1-8,11,15,20,26H,9-10,12-14H2,(H,23,27). The predicted octanol–water partition coefficient (Wildman–Crippen LogP) is 2.61. The van der Waals surface area contributed by atoms with Crippen molar-refractivity contribution >= 4 is 5.91 Å². The summed E-state index contributed by atoms with van der Waals surface area (Å²) in [4.78, 5) is 12.3. The van der Waals surface area contributed by atoms with Crippen molar-refractivity contribution in [2.75, 3.05) is 13.2 Å². The minimum atomic E-state index is -0.242. The lowest BCUT2D eigenvalue weighted by Gasteiger charge is -2.22. The fourth-order valence-corrected chi connectivity index (χ4v) is 3.46. The smallest absolute Gasteiger partial charge is 0.224 e. The van der Waals surface area contributed by atoms with Crippen molar-refractivity contribution in [2.24, 2.45) is 0 Å². The molecule has 1 amide bonds. The number of nitrogens with zero attached hydrogens (tertiary/aromatic N) is 2. The Morgan fingerprint density at radius 3 is 2.82 bits per heavy atom. The highest BCUT2D eigenvalue weighted by Gasteiger charge is 2.25. The Kier molecular flexibility index (Phi) is 5.39. The Balaban J connectivity index is 1.38. The Morgan fingerprint density at radius 2 is 2.00 bits per heavy atom. The van der Waals surface area contributed by atoms with Crippen LogP contribution in [0.15, 0.2) is 60.8 Å². The minimum absolute atomic E-state index is 0.106. The molecule has 2 N–H and O–H groups in total. The lowest BCUT2D eigenvalue weighted by atomic mass is 10.1. The average molecular weight is 377 g/mol. The molecule has 4 rings (SSSR count). The van der Waals surface area contributed by atoms with Gasteiger partial charge in [0.15, 0.2) is 0 Å². The van der Waals surface area contributed by atoms with Gasteiger partial charge in [0.05, 0.1) is 25.3 Å². The van der Waals surface area contributed by atoms with E-state index in [1.807, 2.05) is 28.9 Å². The fraction of sp³-hybridized carbons (Fsp3) is 0.273. The van der Waals surface area contributed by atoms with E-state index in [0.29, 0.717) is 19.7 Å². The Bertz CT molecular complexity index is 953. The van der Waals surface area contributed by atoms with Gasteiger partial charge in [-0.2, -0.15) is 5.10 Å². The maximum absolute atomic E-state index is 12.3. The van der Waals surface area contributed by atoms with E-state index in [1.165, 1.54) is 11.1 Å². The van der Waals surface area contributed by atoms with E-state index in [4.69, 9.17) is 9.84 Å². The van der Waals surface area contributed by atoms with E-state index in [9.17, 15) is 9.90 Å². The molecule has 1 atom stereocenters. The van der Waals surface area contributed by atoms with Gasteiger partial charge in [-0.3, -0.25) is 9.48 Å². The molecule has 28 heavy (non-hydrogen) atoms. The molecule has 0 bridgehead atoms. The van der Waals surface area contributed by atoms with Gasteiger partial charge in [0.2, 0.25) is 5.91 Å². The number of amides is 1. The largest absolute Gasteiger partial charge is 0.508 e. The number of hydrogen-bond donors (Lipinski definition) is 2. The third-order valence-electron chi connectivity index (χ3n) is 4.81. The Morgan fingerprint density at radius 1 is 1.18 bits per heavy atom. The summed E-state index contributed by atoms with van der Waals surface area (Å²) < 4.78 is 7.80. The van der Waals surface area contributed by atoms with Gasteiger partial charge < -0.3 is 15.2 Å². The van der Waals surface area contributed by atoms with Gasteiger partial charge in [-0.25, -0.2) is 0 Å². The van der Waals surface area contributed by atoms with Gasteiger partial charge in [-0.05, 0) is 35.2 Å². The number of ether oxygens (including phenoxy) is 1. The molecule has 0 spiro atoms. The predicted molar refractivity (Wildman–Crippen MR) is 105 cm³/mol. The first-order valence-corrected chi connectivity index (χ1v) is 9.44. The van der Waals surface area contributed by atoms with Gasteiger partial charge in [0, 0.05) is 12.7 Å². The summed E-state index contributed by atoms with van der Waals surface area (Å²) in [7, 11) is 0. The summed E-state index contributed by atoms with van der Waals surface area (Å²) in [5, 5.41) is 17.1. The Hall–Kier alpha value is -3.12. The Labute approximate surface area is 163 Å². The van der Waals surface area contributed by atoms with Crippen molar-refractivity contribution in [1.82, 2.24) is 15.1 Å². The van der Waals surface area contributed by atoms with Crippen molar-refractivity contribution in [2.45, 2.75) is 25.5 Å². The highest BCUT2D eigenvalue weighted by atomic mass is 16.5. The molecule has 2 heterocycles. The summed E-state index contributed by atoms with van der Waals surface area (Å²) in [5.41, 5.74) is 4.04. The molecule has 6 heteroatoms. The van der Waals surface area contributed by atoms with E-state index in [-0.39, 0.29) is 24.2 Å². The lowest BCUT2D eigenvalue weighted by Crippen LogP contribution is -2.32. The molecule has 1 aliphatic heterocycles. The van der Waals surface area contributed by atoms with Crippen LogP contribution >= 0.6 is 0 Å². The molecular formula is C22H23N3O3. The molecule has 0 fully saturated rings. The molecule has 144 valence electrons. The first-order chi connectivity index (χ1) is 13.7. The number of fused-ring (bicyclic) bond motifs is 1. The number of carbonyl (C=O) groups excluding carboxylic acids is 1. The summed E-state index contributed by atoms with van der Waals surface area (Å²) in [6, 6.07) is 16.9. The number of phenolic OH excluding ortho intramolecular Hbond substituents is 1. The average Bonchev–Trinajstić information content (AvgIpc) is 3.10. The van der Waals surface area contributed by atoms with Gasteiger partial charge >= 0.3 is 0 Å². The molecule has 0 saturated carbocycles. The van der Waals surface area contributed by atoms with Crippen LogP contribution in [0.25, 0.3) is 0 Å². The van der Waals surface area contributed by atoms with Gasteiger partial charge in [0.25, 0.3) is 0 Å². The number of aromatic hydroxyl groups is 1. The summed E-state index contributed by atoms with van der Waals surface area (Å²) in [5.74, 6) is 0.0551. The van der Waals surface area contributed by atoms with E-state index in [0.717, 1.165) is 17.7 Å².